The van der Waals surface area contributed by atoms with E-state index in [9.17, 15) is 0 Å². The zero-order valence-corrected chi connectivity index (χ0v) is 13.5. The van der Waals surface area contributed by atoms with Crippen molar-refractivity contribution >= 4 is 0 Å². The normalized spacial score (nSPS) is 23.6. The van der Waals surface area contributed by atoms with Crippen LogP contribution in [-0.4, -0.2) is 31.6 Å². The van der Waals surface area contributed by atoms with Gasteiger partial charge in [-0.05, 0) is 62.5 Å². The fourth-order valence-corrected chi connectivity index (χ4v) is 3.31. The summed E-state index contributed by atoms with van der Waals surface area (Å²) < 4.78 is 0. The van der Waals surface area contributed by atoms with Crippen molar-refractivity contribution in [2.75, 3.05) is 26.7 Å². The van der Waals surface area contributed by atoms with Gasteiger partial charge in [0.05, 0.1) is 0 Å². The van der Waals surface area contributed by atoms with Crippen LogP contribution < -0.4 is 5.32 Å². The van der Waals surface area contributed by atoms with Crippen molar-refractivity contribution in [3.05, 3.63) is 35.4 Å². The van der Waals surface area contributed by atoms with Gasteiger partial charge >= 0.3 is 0 Å². The molecule has 1 aromatic carbocycles. The molecular weight excluding hydrogens is 244 g/mol. The standard InChI is InChI=1S/C18H30N2/c1-5-11-19-13-17-10-12-20(4)18(17)16-8-6-15(7-9-16)14(2)3/h6-9,14,17-19H,5,10-13H2,1-4H3. The molecule has 1 N–H and O–H groups in total. The minimum atomic E-state index is 0.584. The quantitative estimate of drug-likeness (QED) is 0.794. The van der Waals surface area contributed by atoms with Gasteiger partial charge in [0.2, 0.25) is 0 Å². The molecule has 1 aliphatic heterocycles. The highest BCUT2D eigenvalue weighted by Crippen LogP contribution is 2.36. The van der Waals surface area contributed by atoms with E-state index in [0.29, 0.717) is 12.0 Å². The van der Waals surface area contributed by atoms with Gasteiger partial charge in [0.1, 0.15) is 0 Å². The highest BCUT2D eigenvalue weighted by molar-refractivity contribution is 5.28. The van der Waals surface area contributed by atoms with Gasteiger partial charge < -0.3 is 5.32 Å². The first-order valence-electron chi connectivity index (χ1n) is 8.14. The molecule has 0 radical (unpaired) electrons. The summed E-state index contributed by atoms with van der Waals surface area (Å²) in [7, 11) is 2.26. The van der Waals surface area contributed by atoms with Crippen LogP contribution in [-0.2, 0) is 0 Å². The summed E-state index contributed by atoms with van der Waals surface area (Å²) in [6.07, 6.45) is 2.53. The third kappa shape index (κ3) is 3.62. The number of rotatable bonds is 6. The van der Waals surface area contributed by atoms with Gasteiger partial charge in [-0.2, -0.15) is 0 Å². The van der Waals surface area contributed by atoms with Crippen LogP contribution in [0.1, 0.15) is 56.7 Å². The van der Waals surface area contributed by atoms with Gasteiger partial charge in [0.15, 0.2) is 0 Å². The molecule has 2 nitrogen and oxygen atoms in total. The third-order valence-electron chi connectivity index (χ3n) is 4.55. The number of benzene rings is 1. The summed E-state index contributed by atoms with van der Waals surface area (Å²) in [5, 5.41) is 3.60. The lowest BCUT2D eigenvalue weighted by atomic mass is 9.92. The predicted molar refractivity (Wildman–Crippen MR) is 87.2 cm³/mol. The monoisotopic (exact) mass is 274 g/mol. The first kappa shape index (κ1) is 15.5. The molecule has 1 saturated heterocycles. The van der Waals surface area contributed by atoms with Gasteiger partial charge in [-0.15, -0.1) is 0 Å². The van der Waals surface area contributed by atoms with Crippen molar-refractivity contribution < 1.29 is 0 Å². The molecule has 0 spiro atoms. The van der Waals surface area contributed by atoms with Crippen LogP contribution in [0.5, 0.6) is 0 Å². The molecule has 112 valence electrons. The van der Waals surface area contributed by atoms with Crippen LogP contribution in [0.25, 0.3) is 0 Å². The molecule has 1 fully saturated rings. The van der Waals surface area contributed by atoms with Crippen molar-refractivity contribution in [2.45, 2.75) is 45.6 Å². The van der Waals surface area contributed by atoms with Crippen molar-refractivity contribution in [3.63, 3.8) is 0 Å². The molecule has 2 heteroatoms. The van der Waals surface area contributed by atoms with Crippen molar-refractivity contribution in [2.24, 2.45) is 5.92 Å². The van der Waals surface area contributed by atoms with Crippen LogP contribution >= 0.6 is 0 Å². The first-order valence-corrected chi connectivity index (χ1v) is 8.14. The van der Waals surface area contributed by atoms with Gasteiger partial charge in [-0.25, -0.2) is 0 Å². The molecule has 1 aromatic rings. The van der Waals surface area contributed by atoms with E-state index in [1.807, 2.05) is 0 Å². The zero-order valence-electron chi connectivity index (χ0n) is 13.5. The Labute approximate surface area is 124 Å². The number of nitrogens with zero attached hydrogens (tertiary/aromatic N) is 1. The minimum absolute atomic E-state index is 0.584. The lowest BCUT2D eigenvalue weighted by Crippen LogP contribution is -2.28. The predicted octanol–water partition coefficient (Wildman–Crippen LogP) is 3.80. The second kappa shape index (κ2) is 7.24. The molecule has 20 heavy (non-hydrogen) atoms. The summed E-state index contributed by atoms with van der Waals surface area (Å²) in [5.41, 5.74) is 2.92. The molecule has 1 heterocycles. The fourth-order valence-electron chi connectivity index (χ4n) is 3.31. The SMILES string of the molecule is CCCNCC1CCN(C)C1c1ccc(C(C)C)cc1. The van der Waals surface area contributed by atoms with E-state index in [0.717, 1.165) is 19.0 Å². The highest BCUT2D eigenvalue weighted by atomic mass is 15.2. The van der Waals surface area contributed by atoms with E-state index in [1.54, 1.807) is 0 Å². The van der Waals surface area contributed by atoms with Gasteiger partial charge in [-0.1, -0.05) is 45.0 Å². The molecule has 0 saturated carbocycles. The van der Waals surface area contributed by atoms with E-state index >= 15 is 0 Å². The fraction of sp³-hybridized carbons (Fsp3) is 0.667. The second-order valence-corrected chi connectivity index (χ2v) is 6.50. The Morgan fingerprint density at radius 1 is 1.25 bits per heavy atom. The van der Waals surface area contributed by atoms with Gasteiger partial charge in [0, 0.05) is 6.04 Å². The van der Waals surface area contributed by atoms with Crippen LogP contribution in [0.4, 0.5) is 0 Å². The Balaban J connectivity index is 2.06. The largest absolute Gasteiger partial charge is 0.316 e. The van der Waals surface area contributed by atoms with E-state index in [-0.39, 0.29) is 0 Å². The maximum Gasteiger partial charge on any atom is 0.0385 e. The summed E-state index contributed by atoms with van der Waals surface area (Å²) in [4.78, 5) is 2.52. The Morgan fingerprint density at radius 2 is 1.95 bits per heavy atom. The molecular formula is C18H30N2. The van der Waals surface area contributed by atoms with Gasteiger partial charge in [0.25, 0.3) is 0 Å². The highest BCUT2D eigenvalue weighted by Gasteiger charge is 2.32. The Morgan fingerprint density at radius 3 is 2.55 bits per heavy atom. The van der Waals surface area contributed by atoms with Crippen molar-refractivity contribution in [1.29, 1.82) is 0 Å². The van der Waals surface area contributed by atoms with E-state index in [1.165, 1.54) is 30.5 Å². The number of hydrogen-bond donors (Lipinski definition) is 1. The Bertz CT molecular complexity index is 396. The maximum absolute atomic E-state index is 3.60. The number of hydrogen-bond acceptors (Lipinski definition) is 2. The molecule has 0 aromatic heterocycles. The topological polar surface area (TPSA) is 15.3 Å². The molecule has 0 amide bonds. The molecule has 2 atom stereocenters. The lowest BCUT2D eigenvalue weighted by Gasteiger charge is -2.26. The van der Waals surface area contributed by atoms with Crippen LogP contribution in [0.15, 0.2) is 24.3 Å². The summed E-state index contributed by atoms with van der Waals surface area (Å²) in [6, 6.07) is 9.88. The van der Waals surface area contributed by atoms with Gasteiger partial charge in [-0.3, -0.25) is 4.90 Å². The Hall–Kier alpha value is -0.860. The number of nitrogens with one attached hydrogen (secondary N) is 1. The maximum atomic E-state index is 3.60. The summed E-state index contributed by atoms with van der Waals surface area (Å²) in [6.45, 7) is 10.3. The third-order valence-corrected chi connectivity index (χ3v) is 4.55. The second-order valence-electron chi connectivity index (χ2n) is 6.50. The van der Waals surface area contributed by atoms with Crippen molar-refractivity contribution in [3.8, 4) is 0 Å². The average Bonchev–Trinajstić information content (AvgIpc) is 2.80. The molecule has 1 aliphatic rings. The molecule has 2 rings (SSSR count). The van der Waals surface area contributed by atoms with E-state index < -0.39 is 0 Å². The average molecular weight is 274 g/mol. The lowest BCUT2D eigenvalue weighted by molar-refractivity contribution is 0.272. The first-order chi connectivity index (χ1) is 9.63. The minimum Gasteiger partial charge on any atom is -0.316 e. The molecule has 0 bridgehead atoms. The number of likely N-dealkylation sites (tertiary alicyclic amines) is 1. The summed E-state index contributed by atoms with van der Waals surface area (Å²) in [5.74, 6) is 1.36. The Kier molecular flexibility index (Phi) is 5.62. The van der Waals surface area contributed by atoms with E-state index in [4.69, 9.17) is 0 Å². The van der Waals surface area contributed by atoms with Crippen LogP contribution in [0, 0.1) is 5.92 Å². The molecule has 0 aliphatic carbocycles. The van der Waals surface area contributed by atoms with E-state index in [2.05, 4.69) is 62.3 Å². The summed E-state index contributed by atoms with van der Waals surface area (Å²) >= 11 is 0. The zero-order chi connectivity index (χ0) is 14.5. The van der Waals surface area contributed by atoms with Crippen molar-refractivity contribution in [1.82, 2.24) is 10.2 Å². The van der Waals surface area contributed by atoms with Crippen LogP contribution in [0.3, 0.4) is 0 Å². The molecule has 2 unspecified atom stereocenters. The van der Waals surface area contributed by atoms with Crippen LogP contribution in [0.2, 0.25) is 0 Å². The smallest absolute Gasteiger partial charge is 0.0385 e.